The average molecular weight is 384 g/mol. The number of terminal acetylenes is 1. The van der Waals surface area contributed by atoms with Crippen molar-refractivity contribution in [1.82, 2.24) is 19.7 Å². The summed E-state index contributed by atoms with van der Waals surface area (Å²) in [4.78, 5) is 19.9. The number of aromatic nitrogens is 3. The van der Waals surface area contributed by atoms with Gasteiger partial charge in [0.15, 0.2) is 5.65 Å². The molecule has 1 aromatic carbocycles. The van der Waals surface area contributed by atoms with Crippen molar-refractivity contribution in [2.45, 2.75) is 13.5 Å². The summed E-state index contributed by atoms with van der Waals surface area (Å²) in [6.07, 6.45) is 7.12. The molecule has 29 heavy (non-hydrogen) atoms. The van der Waals surface area contributed by atoms with Crippen molar-refractivity contribution in [3.05, 3.63) is 71.8 Å². The Bertz CT molecular complexity index is 1200. The third-order valence-electron chi connectivity index (χ3n) is 4.76. The van der Waals surface area contributed by atoms with E-state index in [1.807, 2.05) is 56.4 Å². The maximum absolute atomic E-state index is 13.5. The number of fused-ring (bicyclic) bond motifs is 1. The Labute approximate surface area is 168 Å². The van der Waals surface area contributed by atoms with E-state index in [1.165, 1.54) is 0 Å². The van der Waals surface area contributed by atoms with Crippen LogP contribution in [0.15, 0.2) is 59.2 Å². The second-order valence-electron chi connectivity index (χ2n) is 6.77. The van der Waals surface area contributed by atoms with Gasteiger partial charge in [0, 0.05) is 12.6 Å². The molecular weight excluding hydrogens is 364 g/mol. The lowest BCUT2D eigenvalue weighted by molar-refractivity contribution is 0.0757. The van der Waals surface area contributed by atoms with Crippen LogP contribution in [0.4, 0.5) is 0 Å². The molecule has 0 aliphatic rings. The van der Waals surface area contributed by atoms with Gasteiger partial charge in [0.2, 0.25) is 0 Å². The molecule has 0 fully saturated rings. The molecule has 4 rings (SSSR count). The van der Waals surface area contributed by atoms with E-state index in [2.05, 4.69) is 11.0 Å². The van der Waals surface area contributed by atoms with Crippen LogP contribution in [0.2, 0.25) is 0 Å². The Kier molecular flexibility index (Phi) is 4.88. The highest BCUT2D eigenvalue weighted by Gasteiger charge is 2.23. The first kappa shape index (κ1) is 18.5. The molecule has 0 unspecified atom stereocenters. The minimum atomic E-state index is -0.181. The fourth-order valence-corrected chi connectivity index (χ4v) is 3.44. The predicted octanol–water partition coefficient (Wildman–Crippen LogP) is 3.81. The quantitative estimate of drug-likeness (QED) is 0.491. The predicted molar refractivity (Wildman–Crippen MR) is 111 cm³/mol. The van der Waals surface area contributed by atoms with Crippen molar-refractivity contribution in [3.63, 3.8) is 0 Å². The summed E-state index contributed by atoms with van der Waals surface area (Å²) in [6.45, 7) is 2.34. The van der Waals surface area contributed by atoms with E-state index >= 15 is 0 Å². The van der Waals surface area contributed by atoms with Crippen LogP contribution >= 0.6 is 0 Å². The normalized spacial score (nSPS) is 10.8. The number of pyridine rings is 1. The van der Waals surface area contributed by atoms with Gasteiger partial charge in [-0.05, 0) is 25.1 Å². The Morgan fingerprint density at radius 1 is 1.24 bits per heavy atom. The molecule has 0 aliphatic heterocycles. The van der Waals surface area contributed by atoms with Gasteiger partial charge in [0.25, 0.3) is 5.91 Å². The maximum atomic E-state index is 13.5. The van der Waals surface area contributed by atoms with E-state index < -0.39 is 0 Å². The number of carbonyl (C=O) groups is 1. The van der Waals surface area contributed by atoms with Gasteiger partial charge in [-0.15, -0.1) is 6.42 Å². The van der Waals surface area contributed by atoms with Crippen molar-refractivity contribution in [1.29, 1.82) is 0 Å². The molecule has 144 valence electrons. The number of rotatable bonds is 5. The van der Waals surface area contributed by atoms with E-state index in [-0.39, 0.29) is 12.5 Å². The molecule has 3 aromatic heterocycles. The standard InChI is InChI=1S/C23H20N4O2/c1-4-12-27(15-18-11-8-13-29-18)23(28)19-14-20(17-9-6-5-7-10-17)24-22-21(19)16(2)25-26(22)3/h1,5-11,13-14H,12,15H2,2-3H3. The van der Waals surface area contributed by atoms with Crippen molar-refractivity contribution < 1.29 is 9.21 Å². The van der Waals surface area contributed by atoms with E-state index in [0.717, 1.165) is 16.6 Å². The van der Waals surface area contributed by atoms with Gasteiger partial charge in [0.1, 0.15) is 5.76 Å². The second-order valence-corrected chi connectivity index (χ2v) is 6.77. The van der Waals surface area contributed by atoms with E-state index in [0.29, 0.717) is 29.2 Å². The van der Waals surface area contributed by atoms with Crippen molar-refractivity contribution >= 4 is 16.9 Å². The Morgan fingerprint density at radius 3 is 2.72 bits per heavy atom. The number of hydrogen-bond donors (Lipinski definition) is 0. The summed E-state index contributed by atoms with van der Waals surface area (Å²) in [5.74, 6) is 3.06. The van der Waals surface area contributed by atoms with Gasteiger partial charge in [-0.25, -0.2) is 4.98 Å². The zero-order valence-corrected chi connectivity index (χ0v) is 16.3. The Hall–Kier alpha value is -3.85. The minimum Gasteiger partial charge on any atom is -0.467 e. The summed E-state index contributed by atoms with van der Waals surface area (Å²) in [7, 11) is 1.83. The average Bonchev–Trinajstić information content (AvgIpc) is 3.35. The zero-order valence-electron chi connectivity index (χ0n) is 16.3. The van der Waals surface area contributed by atoms with Crippen LogP contribution in [0.5, 0.6) is 0 Å². The van der Waals surface area contributed by atoms with Gasteiger partial charge in [0.05, 0.1) is 41.7 Å². The number of nitrogens with zero attached hydrogens (tertiary/aromatic N) is 4. The van der Waals surface area contributed by atoms with Crippen LogP contribution in [0.25, 0.3) is 22.3 Å². The fourth-order valence-electron chi connectivity index (χ4n) is 3.44. The number of hydrogen-bond acceptors (Lipinski definition) is 4. The molecular formula is C23H20N4O2. The van der Waals surface area contributed by atoms with Crippen LogP contribution in [0.1, 0.15) is 21.8 Å². The highest BCUT2D eigenvalue weighted by atomic mass is 16.3. The number of benzene rings is 1. The lowest BCUT2D eigenvalue weighted by atomic mass is 10.0. The van der Waals surface area contributed by atoms with Gasteiger partial charge < -0.3 is 9.32 Å². The molecule has 6 nitrogen and oxygen atoms in total. The van der Waals surface area contributed by atoms with Gasteiger partial charge in [-0.1, -0.05) is 36.3 Å². The van der Waals surface area contributed by atoms with Crippen molar-refractivity contribution in [2.24, 2.45) is 7.05 Å². The minimum absolute atomic E-state index is 0.170. The molecule has 0 saturated heterocycles. The number of amides is 1. The monoisotopic (exact) mass is 384 g/mol. The molecule has 0 atom stereocenters. The lowest BCUT2D eigenvalue weighted by Gasteiger charge is -2.20. The van der Waals surface area contributed by atoms with Crippen molar-refractivity contribution in [3.8, 4) is 23.6 Å². The first-order valence-corrected chi connectivity index (χ1v) is 9.23. The third-order valence-corrected chi connectivity index (χ3v) is 4.76. The molecule has 4 aromatic rings. The van der Waals surface area contributed by atoms with Gasteiger partial charge in [-0.2, -0.15) is 5.10 Å². The Morgan fingerprint density at radius 2 is 2.03 bits per heavy atom. The molecule has 0 aliphatic carbocycles. The summed E-state index contributed by atoms with van der Waals surface area (Å²) in [5.41, 5.74) is 3.57. The number of aryl methyl sites for hydroxylation is 2. The maximum Gasteiger partial charge on any atom is 0.255 e. The zero-order chi connectivity index (χ0) is 20.4. The molecule has 0 saturated carbocycles. The molecule has 3 heterocycles. The highest BCUT2D eigenvalue weighted by molar-refractivity contribution is 6.07. The first-order chi connectivity index (χ1) is 14.1. The number of carbonyl (C=O) groups excluding carboxylic acids is 1. The Balaban J connectivity index is 1.86. The fraction of sp³-hybridized carbons (Fsp3) is 0.174. The second kappa shape index (κ2) is 7.64. The van der Waals surface area contributed by atoms with Crippen molar-refractivity contribution in [2.75, 3.05) is 6.54 Å². The molecule has 0 bridgehead atoms. The van der Waals surface area contributed by atoms with E-state index in [4.69, 9.17) is 15.8 Å². The highest BCUT2D eigenvalue weighted by Crippen LogP contribution is 2.28. The molecule has 0 spiro atoms. The summed E-state index contributed by atoms with van der Waals surface area (Å²) >= 11 is 0. The van der Waals surface area contributed by atoms with Crippen LogP contribution in [0, 0.1) is 19.3 Å². The molecule has 1 amide bonds. The summed E-state index contributed by atoms with van der Waals surface area (Å²) in [6, 6.07) is 15.2. The van der Waals surface area contributed by atoms with Crippen LogP contribution in [-0.4, -0.2) is 32.1 Å². The SMILES string of the molecule is C#CCN(Cc1ccco1)C(=O)c1cc(-c2ccccc2)nc2c1c(C)nn2C. The van der Waals surface area contributed by atoms with Crippen LogP contribution < -0.4 is 0 Å². The third kappa shape index (κ3) is 3.50. The number of furan rings is 1. The van der Waals surface area contributed by atoms with E-state index in [9.17, 15) is 4.79 Å². The van der Waals surface area contributed by atoms with Gasteiger partial charge in [-0.3, -0.25) is 9.48 Å². The van der Waals surface area contributed by atoms with Crippen LogP contribution in [-0.2, 0) is 13.6 Å². The lowest BCUT2D eigenvalue weighted by Crippen LogP contribution is -2.31. The smallest absolute Gasteiger partial charge is 0.255 e. The summed E-state index contributed by atoms with van der Waals surface area (Å²) < 4.78 is 7.11. The summed E-state index contributed by atoms with van der Waals surface area (Å²) in [5, 5.41) is 5.21. The topological polar surface area (TPSA) is 64.2 Å². The van der Waals surface area contributed by atoms with Crippen LogP contribution in [0.3, 0.4) is 0 Å². The van der Waals surface area contributed by atoms with E-state index in [1.54, 1.807) is 21.9 Å². The van der Waals surface area contributed by atoms with Gasteiger partial charge >= 0.3 is 0 Å². The molecule has 0 N–H and O–H groups in total. The first-order valence-electron chi connectivity index (χ1n) is 9.23. The largest absolute Gasteiger partial charge is 0.467 e. The molecule has 6 heteroatoms. The molecule has 0 radical (unpaired) electrons.